The summed E-state index contributed by atoms with van der Waals surface area (Å²) in [6.07, 6.45) is 5.51. The SMILES string of the molecule is C#Cc1ccc2c(c1)OCCOCCOCCOc1ccc(CN=[N+]=[N-])cc1OCCOCCOCCO2. The summed E-state index contributed by atoms with van der Waals surface area (Å²) in [6, 6.07) is 10.7. The standard InChI is InChI=1S/C27H33N3O8/c1-2-22-3-5-24-26(19-22)37-17-13-33-9-7-32-12-16-36-25-6-4-23(21-29-30-28)20-27(25)38-18-14-34-10-8-31-11-15-35-24/h1,3-6,19-20H,7-18,21H2. The largest absolute Gasteiger partial charge is 0.487 e. The van der Waals surface area contributed by atoms with E-state index in [1.165, 1.54) is 0 Å². The molecule has 1 aliphatic heterocycles. The molecule has 0 N–H and O–H groups in total. The molecule has 0 atom stereocenters. The van der Waals surface area contributed by atoms with E-state index in [-0.39, 0.29) is 6.54 Å². The molecule has 2 aromatic rings. The Morgan fingerprint density at radius 2 is 1.08 bits per heavy atom. The molecule has 0 spiro atoms. The van der Waals surface area contributed by atoms with E-state index in [9.17, 15) is 0 Å². The minimum atomic E-state index is 0.219. The van der Waals surface area contributed by atoms with Crippen LogP contribution in [0.1, 0.15) is 11.1 Å². The van der Waals surface area contributed by atoms with Crippen molar-refractivity contribution < 1.29 is 37.9 Å². The first-order valence-corrected chi connectivity index (χ1v) is 12.4. The minimum absolute atomic E-state index is 0.219. The minimum Gasteiger partial charge on any atom is -0.487 e. The smallest absolute Gasteiger partial charge is 0.162 e. The van der Waals surface area contributed by atoms with E-state index < -0.39 is 0 Å². The molecule has 0 aromatic heterocycles. The Bertz CT molecular complexity index is 1070. The maximum absolute atomic E-state index is 8.58. The van der Waals surface area contributed by atoms with E-state index in [2.05, 4.69) is 15.9 Å². The summed E-state index contributed by atoms with van der Waals surface area (Å²) in [6.45, 7) is 4.70. The number of hydrogen-bond donors (Lipinski definition) is 0. The molecule has 1 heterocycles. The fourth-order valence-corrected chi connectivity index (χ4v) is 3.31. The van der Waals surface area contributed by atoms with Crippen molar-refractivity contribution in [1.82, 2.24) is 0 Å². The van der Waals surface area contributed by atoms with Crippen LogP contribution in [0.3, 0.4) is 0 Å². The third kappa shape index (κ3) is 10.8. The van der Waals surface area contributed by atoms with Gasteiger partial charge in [0.05, 0.1) is 59.4 Å². The first-order chi connectivity index (χ1) is 18.8. The summed E-state index contributed by atoms with van der Waals surface area (Å²) in [7, 11) is 0. The monoisotopic (exact) mass is 527 g/mol. The van der Waals surface area contributed by atoms with Gasteiger partial charge in [-0.1, -0.05) is 17.1 Å². The summed E-state index contributed by atoms with van der Waals surface area (Å²) in [4.78, 5) is 2.80. The Morgan fingerprint density at radius 1 is 0.632 bits per heavy atom. The molecule has 0 bridgehead atoms. The van der Waals surface area contributed by atoms with Crippen molar-refractivity contribution in [3.63, 3.8) is 0 Å². The zero-order chi connectivity index (χ0) is 26.7. The number of azide groups is 1. The molecule has 0 saturated carbocycles. The fourth-order valence-electron chi connectivity index (χ4n) is 3.31. The van der Waals surface area contributed by atoms with Gasteiger partial charge in [0.25, 0.3) is 0 Å². The van der Waals surface area contributed by atoms with Crippen LogP contribution in [0.4, 0.5) is 0 Å². The number of nitrogens with zero attached hydrogens (tertiary/aromatic N) is 3. The van der Waals surface area contributed by atoms with Gasteiger partial charge in [-0.05, 0) is 41.4 Å². The average Bonchev–Trinajstić information content (AvgIpc) is 2.94. The lowest BCUT2D eigenvalue weighted by Gasteiger charge is -2.15. The molecule has 0 unspecified atom stereocenters. The second-order valence-corrected chi connectivity index (χ2v) is 7.82. The van der Waals surface area contributed by atoms with Crippen LogP contribution in [-0.2, 0) is 25.5 Å². The summed E-state index contributed by atoms with van der Waals surface area (Å²) in [5.74, 6) is 4.85. The van der Waals surface area contributed by atoms with E-state index in [0.717, 1.165) is 5.56 Å². The molecule has 38 heavy (non-hydrogen) atoms. The predicted octanol–water partition coefficient (Wildman–Crippen LogP) is 3.77. The van der Waals surface area contributed by atoms with E-state index in [1.54, 1.807) is 30.3 Å². The Labute approximate surface area is 222 Å². The van der Waals surface area contributed by atoms with Crippen LogP contribution in [0.25, 0.3) is 10.4 Å². The van der Waals surface area contributed by atoms with Gasteiger partial charge < -0.3 is 37.9 Å². The Balaban J connectivity index is 1.53. The fraction of sp³-hybridized carbons (Fsp3) is 0.481. The maximum Gasteiger partial charge on any atom is 0.162 e. The zero-order valence-electron chi connectivity index (χ0n) is 21.3. The van der Waals surface area contributed by atoms with Gasteiger partial charge in [0.1, 0.15) is 26.4 Å². The van der Waals surface area contributed by atoms with Crippen molar-refractivity contribution in [2.24, 2.45) is 5.11 Å². The zero-order valence-corrected chi connectivity index (χ0v) is 21.3. The highest BCUT2D eigenvalue weighted by molar-refractivity contribution is 5.47. The van der Waals surface area contributed by atoms with Crippen LogP contribution < -0.4 is 18.9 Å². The first kappa shape index (κ1) is 28.9. The van der Waals surface area contributed by atoms with Gasteiger partial charge in [0.2, 0.25) is 0 Å². The van der Waals surface area contributed by atoms with E-state index in [4.69, 9.17) is 49.8 Å². The number of ether oxygens (including phenoxy) is 8. The summed E-state index contributed by atoms with van der Waals surface area (Å²) in [5.41, 5.74) is 10.1. The molecule has 0 aliphatic carbocycles. The number of hydrogen-bond acceptors (Lipinski definition) is 9. The van der Waals surface area contributed by atoms with Crippen molar-refractivity contribution in [3.8, 4) is 35.3 Å². The maximum atomic E-state index is 8.58. The lowest BCUT2D eigenvalue weighted by molar-refractivity contribution is 0.0223. The number of benzene rings is 2. The van der Waals surface area contributed by atoms with E-state index in [1.807, 2.05) is 6.07 Å². The molecule has 11 heteroatoms. The Morgan fingerprint density at radius 3 is 1.58 bits per heavy atom. The summed E-state index contributed by atoms with van der Waals surface area (Å²) < 4.78 is 45.7. The van der Waals surface area contributed by atoms with Crippen molar-refractivity contribution in [2.75, 3.05) is 79.3 Å². The third-order valence-electron chi connectivity index (χ3n) is 5.12. The molecule has 204 valence electrons. The van der Waals surface area contributed by atoms with Gasteiger partial charge in [-0.25, -0.2) is 0 Å². The number of rotatable bonds is 2. The van der Waals surface area contributed by atoms with Gasteiger partial charge in [0, 0.05) is 10.5 Å². The molecule has 0 fully saturated rings. The molecule has 1 aliphatic rings. The highest BCUT2D eigenvalue weighted by Crippen LogP contribution is 2.29. The van der Waals surface area contributed by atoms with Crippen molar-refractivity contribution in [2.45, 2.75) is 6.54 Å². The normalized spacial score (nSPS) is 16.7. The topological polar surface area (TPSA) is 123 Å². The van der Waals surface area contributed by atoms with Crippen LogP contribution in [0.5, 0.6) is 23.0 Å². The molecule has 0 saturated heterocycles. The average molecular weight is 528 g/mol. The molecule has 2 aromatic carbocycles. The molecular weight excluding hydrogens is 494 g/mol. The number of fused-ring (bicyclic) bond motifs is 2. The number of terminal acetylenes is 1. The Kier molecular flexibility index (Phi) is 13.5. The van der Waals surface area contributed by atoms with Crippen molar-refractivity contribution in [1.29, 1.82) is 0 Å². The molecular formula is C27H33N3O8. The first-order valence-electron chi connectivity index (χ1n) is 12.4. The second-order valence-electron chi connectivity index (χ2n) is 7.82. The highest BCUT2D eigenvalue weighted by atomic mass is 16.6. The van der Waals surface area contributed by atoms with Gasteiger partial charge in [-0.15, -0.1) is 6.42 Å². The van der Waals surface area contributed by atoms with Crippen molar-refractivity contribution >= 4 is 0 Å². The van der Waals surface area contributed by atoms with Gasteiger partial charge in [-0.3, -0.25) is 0 Å². The van der Waals surface area contributed by atoms with Crippen LogP contribution in [0.15, 0.2) is 41.5 Å². The summed E-state index contributed by atoms with van der Waals surface area (Å²) >= 11 is 0. The van der Waals surface area contributed by atoms with Crippen LogP contribution >= 0.6 is 0 Å². The molecule has 0 radical (unpaired) electrons. The van der Waals surface area contributed by atoms with Crippen LogP contribution in [0, 0.1) is 12.3 Å². The predicted molar refractivity (Wildman–Crippen MR) is 139 cm³/mol. The highest BCUT2D eigenvalue weighted by Gasteiger charge is 2.09. The van der Waals surface area contributed by atoms with E-state index in [0.29, 0.717) is 108 Å². The lowest BCUT2D eigenvalue weighted by Crippen LogP contribution is -2.15. The Hall–Kier alpha value is -3.65. The third-order valence-corrected chi connectivity index (χ3v) is 5.12. The summed E-state index contributed by atoms with van der Waals surface area (Å²) in [5, 5.41) is 3.60. The quantitative estimate of drug-likeness (QED) is 0.250. The molecule has 11 nitrogen and oxygen atoms in total. The van der Waals surface area contributed by atoms with Crippen LogP contribution in [-0.4, -0.2) is 79.3 Å². The van der Waals surface area contributed by atoms with E-state index >= 15 is 0 Å². The second kappa shape index (κ2) is 17.7. The van der Waals surface area contributed by atoms with Gasteiger partial charge in [-0.2, -0.15) is 0 Å². The van der Waals surface area contributed by atoms with Gasteiger partial charge in [0.15, 0.2) is 23.0 Å². The lowest BCUT2D eigenvalue weighted by atomic mass is 10.2. The molecule has 0 amide bonds. The van der Waals surface area contributed by atoms with Crippen LogP contribution in [0.2, 0.25) is 0 Å². The van der Waals surface area contributed by atoms with Gasteiger partial charge >= 0.3 is 0 Å². The van der Waals surface area contributed by atoms with Crippen molar-refractivity contribution in [3.05, 3.63) is 58.0 Å². The molecule has 3 rings (SSSR count).